The molecule has 26 heavy (non-hydrogen) atoms. The number of carbonyl (C=O) groups excluding carboxylic acids is 1. The maximum Gasteiger partial charge on any atom is 0.263 e. The summed E-state index contributed by atoms with van der Waals surface area (Å²) in [5.41, 5.74) is 1.62. The van der Waals surface area contributed by atoms with Gasteiger partial charge in [0.15, 0.2) is 11.5 Å². The van der Waals surface area contributed by atoms with E-state index in [-0.39, 0.29) is 12.5 Å². The molecule has 2 aromatic rings. The smallest absolute Gasteiger partial charge is 0.263 e. The molecular weight excluding hydrogens is 413 g/mol. The molecule has 8 heteroatoms. The lowest BCUT2D eigenvalue weighted by atomic mass is 10.2. The molecular formula is C18H13Cl2NO3S2. The van der Waals surface area contributed by atoms with Crippen LogP contribution in [-0.2, 0) is 11.4 Å². The van der Waals surface area contributed by atoms with Gasteiger partial charge in [0.1, 0.15) is 10.9 Å². The van der Waals surface area contributed by atoms with E-state index in [0.29, 0.717) is 30.8 Å². The van der Waals surface area contributed by atoms with E-state index in [2.05, 4.69) is 5.32 Å². The number of amides is 1. The fraction of sp³-hybridized carbons (Fsp3) is 0.111. The summed E-state index contributed by atoms with van der Waals surface area (Å²) >= 11 is 18.3. The Kier molecular flexibility index (Phi) is 6.09. The first-order chi connectivity index (χ1) is 12.5. The number of ether oxygens (including phenoxy) is 2. The molecule has 1 aliphatic heterocycles. The second kappa shape index (κ2) is 8.31. The summed E-state index contributed by atoms with van der Waals surface area (Å²) in [6.45, 7) is 0.277. The molecule has 0 saturated carbocycles. The quantitative estimate of drug-likeness (QED) is 0.535. The molecule has 0 radical (unpaired) electrons. The first-order valence-corrected chi connectivity index (χ1v) is 9.44. The molecule has 0 bridgehead atoms. The summed E-state index contributed by atoms with van der Waals surface area (Å²) in [5, 5.41) is 3.70. The van der Waals surface area contributed by atoms with E-state index < -0.39 is 0 Å². The SMILES string of the molecule is COc1cc(/C=C2/SC(=S)NC2=O)ccc1OCc1ccc(Cl)cc1Cl. The predicted molar refractivity (Wildman–Crippen MR) is 110 cm³/mol. The van der Waals surface area contributed by atoms with Gasteiger partial charge in [0, 0.05) is 15.6 Å². The van der Waals surface area contributed by atoms with Gasteiger partial charge >= 0.3 is 0 Å². The van der Waals surface area contributed by atoms with Gasteiger partial charge in [0.05, 0.1) is 12.0 Å². The fourth-order valence-corrected chi connectivity index (χ4v) is 3.77. The van der Waals surface area contributed by atoms with Gasteiger partial charge in [-0.1, -0.05) is 59.3 Å². The van der Waals surface area contributed by atoms with Crippen molar-refractivity contribution in [3.63, 3.8) is 0 Å². The molecule has 1 heterocycles. The molecule has 2 aromatic carbocycles. The first-order valence-electron chi connectivity index (χ1n) is 7.46. The molecule has 0 aromatic heterocycles. The fourth-order valence-electron chi connectivity index (χ4n) is 2.26. The number of rotatable bonds is 5. The molecule has 1 N–H and O–H groups in total. The van der Waals surface area contributed by atoms with Gasteiger partial charge in [-0.05, 0) is 35.9 Å². The highest BCUT2D eigenvalue weighted by molar-refractivity contribution is 8.26. The van der Waals surface area contributed by atoms with Crippen molar-refractivity contribution < 1.29 is 14.3 Å². The van der Waals surface area contributed by atoms with Crippen LogP contribution in [0.2, 0.25) is 10.0 Å². The van der Waals surface area contributed by atoms with E-state index in [0.717, 1.165) is 11.1 Å². The summed E-state index contributed by atoms with van der Waals surface area (Å²) in [4.78, 5) is 12.3. The Bertz CT molecular complexity index is 915. The zero-order valence-corrected chi connectivity index (χ0v) is 16.7. The van der Waals surface area contributed by atoms with E-state index in [1.54, 1.807) is 37.5 Å². The van der Waals surface area contributed by atoms with Crippen LogP contribution in [0.15, 0.2) is 41.3 Å². The average Bonchev–Trinajstić information content (AvgIpc) is 2.92. The Balaban J connectivity index is 1.77. The molecule has 0 spiro atoms. The Hall–Kier alpha value is -1.73. The molecule has 134 valence electrons. The van der Waals surface area contributed by atoms with E-state index in [9.17, 15) is 4.79 Å². The Morgan fingerprint density at radius 3 is 2.65 bits per heavy atom. The van der Waals surface area contributed by atoms with Crippen LogP contribution in [0.3, 0.4) is 0 Å². The van der Waals surface area contributed by atoms with Crippen molar-refractivity contribution in [2.75, 3.05) is 7.11 Å². The molecule has 0 atom stereocenters. The van der Waals surface area contributed by atoms with E-state index in [1.807, 2.05) is 12.1 Å². The summed E-state index contributed by atoms with van der Waals surface area (Å²) < 4.78 is 11.7. The topological polar surface area (TPSA) is 47.6 Å². The molecule has 1 amide bonds. The van der Waals surface area contributed by atoms with Gasteiger partial charge in [0.25, 0.3) is 5.91 Å². The standard InChI is InChI=1S/C18H13Cl2NO3S2/c1-23-15-6-10(7-16-17(22)21-18(25)26-16)2-5-14(15)24-9-11-3-4-12(19)8-13(11)20/h2-8H,9H2,1H3,(H,21,22,25)/b16-7+. The van der Waals surface area contributed by atoms with Crippen LogP contribution in [-0.4, -0.2) is 17.3 Å². The second-order valence-electron chi connectivity index (χ2n) is 5.29. The molecule has 0 unspecified atom stereocenters. The third-order valence-corrected chi connectivity index (χ3v) is 5.28. The molecule has 0 aliphatic carbocycles. The molecule has 1 saturated heterocycles. The molecule has 3 rings (SSSR count). The summed E-state index contributed by atoms with van der Waals surface area (Å²) in [6.07, 6.45) is 1.75. The second-order valence-corrected chi connectivity index (χ2v) is 7.85. The normalized spacial score (nSPS) is 15.3. The van der Waals surface area contributed by atoms with E-state index in [1.165, 1.54) is 11.8 Å². The zero-order valence-electron chi connectivity index (χ0n) is 13.5. The first kappa shape index (κ1) is 19.0. The average molecular weight is 426 g/mol. The van der Waals surface area contributed by atoms with Gasteiger partial charge < -0.3 is 14.8 Å². The van der Waals surface area contributed by atoms with Crippen LogP contribution in [0.1, 0.15) is 11.1 Å². The highest BCUT2D eigenvalue weighted by atomic mass is 35.5. The third-order valence-electron chi connectivity index (χ3n) is 3.53. The number of nitrogens with one attached hydrogen (secondary N) is 1. The molecule has 1 aliphatic rings. The number of carbonyl (C=O) groups is 1. The number of thiocarbonyl (C=S) groups is 1. The third kappa shape index (κ3) is 4.51. The number of hydrogen-bond donors (Lipinski definition) is 1. The van der Waals surface area contributed by atoms with E-state index >= 15 is 0 Å². The van der Waals surface area contributed by atoms with Crippen molar-refractivity contribution in [1.29, 1.82) is 0 Å². The highest BCUT2D eigenvalue weighted by Gasteiger charge is 2.22. The van der Waals surface area contributed by atoms with Crippen molar-refractivity contribution in [2.45, 2.75) is 6.61 Å². The highest BCUT2D eigenvalue weighted by Crippen LogP contribution is 2.32. The zero-order chi connectivity index (χ0) is 18.7. The largest absolute Gasteiger partial charge is 0.493 e. The van der Waals surface area contributed by atoms with Crippen LogP contribution >= 0.6 is 47.2 Å². The van der Waals surface area contributed by atoms with Crippen LogP contribution in [0.5, 0.6) is 11.5 Å². The molecule has 1 fully saturated rings. The van der Waals surface area contributed by atoms with Crippen molar-refractivity contribution in [3.8, 4) is 11.5 Å². The van der Waals surface area contributed by atoms with Crippen LogP contribution in [0.4, 0.5) is 0 Å². The molecule has 4 nitrogen and oxygen atoms in total. The summed E-state index contributed by atoms with van der Waals surface area (Å²) in [5.74, 6) is 0.923. The van der Waals surface area contributed by atoms with Gasteiger partial charge in [-0.2, -0.15) is 0 Å². The monoisotopic (exact) mass is 425 g/mol. The van der Waals surface area contributed by atoms with Crippen LogP contribution in [0, 0.1) is 0 Å². The summed E-state index contributed by atoms with van der Waals surface area (Å²) in [6, 6.07) is 10.7. The van der Waals surface area contributed by atoms with Crippen molar-refractivity contribution in [2.24, 2.45) is 0 Å². The number of benzene rings is 2. The van der Waals surface area contributed by atoms with Gasteiger partial charge in [-0.25, -0.2) is 0 Å². The van der Waals surface area contributed by atoms with Gasteiger partial charge in [-0.3, -0.25) is 4.79 Å². The number of hydrogen-bond acceptors (Lipinski definition) is 5. The maximum absolute atomic E-state index is 11.8. The number of methoxy groups -OCH3 is 1. The Morgan fingerprint density at radius 2 is 2.00 bits per heavy atom. The van der Waals surface area contributed by atoms with Crippen molar-refractivity contribution in [3.05, 3.63) is 62.5 Å². The Morgan fingerprint density at radius 1 is 1.19 bits per heavy atom. The van der Waals surface area contributed by atoms with E-state index in [4.69, 9.17) is 44.9 Å². The number of thioether (sulfide) groups is 1. The predicted octanol–water partition coefficient (Wildman–Crippen LogP) is 5.07. The van der Waals surface area contributed by atoms with Crippen LogP contribution in [0.25, 0.3) is 6.08 Å². The van der Waals surface area contributed by atoms with Gasteiger partial charge in [-0.15, -0.1) is 0 Å². The minimum atomic E-state index is -0.198. The lowest BCUT2D eigenvalue weighted by Gasteiger charge is -2.12. The van der Waals surface area contributed by atoms with Crippen molar-refractivity contribution >= 4 is 63.5 Å². The maximum atomic E-state index is 11.8. The lowest BCUT2D eigenvalue weighted by molar-refractivity contribution is -0.115. The van der Waals surface area contributed by atoms with Gasteiger partial charge in [0.2, 0.25) is 0 Å². The summed E-state index contributed by atoms with van der Waals surface area (Å²) in [7, 11) is 1.56. The number of halogens is 2. The minimum absolute atomic E-state index is 0.198. The lowest BCUT2D eigenvalue weighted by Crippen LogP contribution is -2.17. The Labute approximate surface area is 170 Å². The van der Waals surface area contributed by atoms with Crippen molar-refractivity contribution in [1.82, 2.24) is 5.32 Å². The van der Waals surface area contributed by atoms with Crippen LogP contribution < -0.4 is 14.8 Å². The minimum Gasteiger partial charge on any atom is -0.493 e.